The number of carbonyl (C=O) groups is 1. The maximum Gasteiger partial charge on any atom is 0.272 e. The fourth-order valence-electron chi connectivity index (χ4n) is 2.60. The molecule has 0 spiro atoms. The van der Waals surface area contributed by atoms with E-state index in [2.05, 4.69) is 4.98 Å². The van der Waals surface area contributed by atoms with E-state index in [4.69, 9.17) is 4.74 Å². The number of hydrogen-bond donors (Lipinski definition) is 1. The van der Waals surface area contributed by atoms with Crippen LogP contribution in [0.1, 0.15) is 16.1 Å². The molecule has 0 saturated carbocycles. The molecule has 6 heteroatoms. The molecule has 1 saturated heterocycles. The fourth-order valence-corrected chi connectivity index (χ4v) is 3.65. The minimum atomic E-state index is -0.142. The van der Waals surface area contributed by atoms with Gasteiger partial charge in [-0.3, -0.25) is 4.79 Å². The van der Waals surface area contributed by atoms with Gasteiger partial charge in [-0.2, -0.15) is 11.8 Å². The second-order valence-corrected chi connectivity index (χ2v) is 6.86. The molecule has 126 valence electrons. The number of ether oxygens (including phenoxy) is 1. The molecule has 3 rings (SSSR count). The Morgan fingerprint density at radius 1 is 1.38 bits per heavy atom. The largest absolute Gasteiger partial charge is 0.456 e. The lowest BCUT2D eigenvalue weighted by atomic mass is 10.2. The maximum absolute atomic E-state index is 12.6. The number of aliphatic hydroxyl groups is 1. The van der Waals surface area contributed by atoms with E-state index in [1.54, 1.807) is 35.0 Å². The molecule has 1 aromatic carbocycles. The maximum atomic E-state index is 12.6. The monoisotopic (exact) mass is 344 g/mol. The molecule has 24 heavy (non-hydrogen) atoms. The van der Waals surface area contributed by atoms with E-state index in [1.807, 2.05) is 31.2 Å². The SMILES string of the molecule is Cc1cccc(Oc2ccc(C(=O)N3CCSCC3CO)nc2)c1. The lowest BCUT2D eigenvalue weighted by Crippen LogP contribution is -2.48. The minimum Gasteiger partial charge on any atom is -0.456 e. The van der Waals surface area contributed by atoms with Crippen LogP contribution in [0.4, 0.5) is 0 Å². The van der Waals surface area contributed by atoms with E-state index in [9.17, 15) is 9.90 Å². The normalized spacial score (nSPS) is 17.6. The Morgan fingerprint density at radius 3 is 2.96 bits per heavy atom. The summed E-state index contributed by atoms with van der Waals surface area (Å²) in [6, 6.07) is 11.0. The highest BCUT2D eigenvalue weighted by Crippen LogP contribution is 2.23. The van der Waals surface area contributed by atoms with Gasteiger partial charge < -0.3 is 14.7 Å². The number of benzene rings is 1. The van der Waals surface area contributed by atoms with E-state index in [0.29, 0.717) is 18.0 Å². The van der Waals surface area contributed by atoms with Crippen molar-refractivity contribution in [3.63, 3.8) is 0 Å². The van der Waals surface area contributed by atoms with Gasteiger partial charge in [-0.15, -0.1) is 0 Å². The Labute approximate surface area is 145 Å². The third kappa shape index (κ3) is 3.88. The van der Waals surface area contributed by atoms with Crippen molar-refractivity contribution < 1.29 is 14.6 Å². The van der Waals surface area contributed by atoms with E-state index in [-0.39, 0.29) is 18.6 Å². The number of nitrogens with zero attached hydrogens (tertiary/aromatic N) is 2. The third-order valence-electron chi connectivity index (χ3n) is 3.88. The molecular formula is C18H20N2O3S. The summed E-state index contributed by atoms with van der Waals surface area (Å²) in [5, 5.41) is 9.44. The van der Waals surface area contributed by atoms with Crippen molar-refractivity contribution in [3.8, 4) is 11.5 Å². The number of aryl methyl sites for hydroxylation is 1. The van der Waals surface area contributed by atoms with Crippen molar-refractivity contribution in [2.75, 3.05) is 24.7 Å². The third-order valence-corrected chi connectivity index (χ3v) is 4.97. The summed E-state index contributed by atoms with van der Waals surface area (Å²) in [6.07, 6.45) is 1.56. The van der Waals surface area contributed by atoms with E-state index in [0.717, 1.165) is 22.8 Å². The average molecular weight is 344 g/mol. The second-order valence-electron chi connectivity index (χ2n) is 5.71. The molecule has 2 heterocycles. The predicted molar refractivity (Wildman–Crippen MR) is 94.7 cm³/mol. The van der Waals surface area contributed by atoms with Gasteiger partial charge in [0.1, 0.15) is 17.2 Å². The molecule has 1 aromatic heterocycles. The number of rotatable bonds is 4. The first-order chi connectivity index (χ1) is 11.7. The number of hydrogen-bond acceptors (Lipinski definition) is 5. The summed E-state index contributed by atoms with van der Waals surface area (Å²) in [5.74, 6) is 2.83. The Hall–Kier alpha value is -2.05. The molecule has 0 bridgehead atoms. The highest BCUT2D eigenvalue weighted by atomic mass is 32.2. The van der Waals surface area contributed by atoms with E-state index >= 15 is 0 Å². The van der Waals surface area contributed by atoms with Gasteiger partial charge in [-0.05, 0) is 36.8 Å². The van der Waals surface area contributed by atoms with Crippen LogP contribution in [0.5, 0.6) is 11.5 Å². The summed E-state index contributed by atoms with van der Waals surface area (Å²) >= 11 is 1.75. The second kappa shape index (κ2) is 7.68. The van der Waals surface area contributed by atoms with E-state index < -0.39 is 0 Å². The van der Waals surface area contributed by atoms with Gasteiger partial charge in [0.25, 0.3) is 5.91 Å². The van der Waals surface area contributed by atoms with Crippen molar-refractivity contribution in [1.82, 2.24) is 9.88 Å². The number of pyridine rings is 1. The summed E-state index contributed by atoms with van der Waals surface area (Å²) in [4.78, 5) is 18.5. The topological polar surface area (TPSA) is 62.7 Å². The highest BCUT2D eigenvalue weighted by Gasteiger charge is 2.27. The van der Waals surface area contributed by atoms with Gasteiger partial charge in [0.2, 0.25) is 0 Å². The molecule has 1 aliphatic rings. The van der Waals surface area contributed by atoms with Crippen LogP contribution < -0.4 is 4.74 Å². The lowest BCUT2D eigenvalue weighted by molar-refractivity contribution is 0.0626. The number of thioether (sulfide) groups is 1. The Bertz CT molecular complexity index is 706. The van der Waals surface area contributed by atoms with Gasteiger partial charge in [0, 0.05) is 18.1 Å². The van der Waals surface area contributed by atoms with Crippen molar-refractivity contribution >= 4 is 17.7 Å². The molecule has 1 aliphatic heterocycles. The van der Waals surface area contributed by atoms with Crippen LogP contribution in [0, 0.1) is 6.92 Å². The summed E-state index contributed by atoms with van der Waals surface area (Å²) in [7, 11) is 0. The van der Waals surface area contributed by atoms with Crippen LogP contribution in [0.3, 0.4) is 0 Å². The molecule has 0 radical (unpaired) electrons. The number of aromatic nitrogens is 1. The van der Waals surface area contributed by atoms with Gasteiger partial charge in [-0.25, -0.2) is 4.98 Å². The first-order valence-corrected chi connectivity index (χ1v) is 9.03. The van der Waals surface area contributed by atoms with Crippen LogP contribution in [-0.4, -0.2) is 51.6 Å². The van der Waals surface area contributed by atoms with Crippen LogP contribution in [0.2, 0.25) is 0 Å². The van der Waals surface area contributed by atoms with Crippen molar-refractivity contribution in [1.29, 1.82) is 0 Å². The molecule has 0 aliphatic carbocycles. The number of aliphatic hydroxyl groups excluding tert-OH is 1. The number of amides is 1. The molecule has 5 nitrogen and oxygen atoms in total. The Kier molecular flexibility index (Phi) is 5.37. The van der Waals surface area contributed by atoms with Crippen molar-refractivity contribution in [2.45, 2.75) is 13.0 Å². The van der Waals surface area contributed by atoms with Crippen LogP contribution in [0.25, 0.3) is 0 Å². The van der Waals surface area contributed by atoms with Crippen LogP contribution in [0.15, 0.2) is 42.6 Å². The molecule has 1 fully saturated rings. The molecule has 1 atom stereocenters. The summed E-state index contributed by atoms with van der Waals surface area (Å²) < 4.78 is 5.75. The summed E-state index contributed by atoms with van der Waals surface area (Å²) in [5.41, 5.74) is 1.49. The van der Waals surface area contributed by atoms with Gasteiger partial charge >= 0.3 is 0 Å². The quantitative estimate of drug-likeness (QED) is 0.924. The molecule has 2 aromatic rings. The minimum absolute atomic E-state index is 0.0205. The van der Waals surface area contributed by atoms with Crippen LogP contribution in [-0.2, 0) is 0 Å². The zero-order valence-corrected chi connectivity index (χ0v) is 14.3. The standard InChI is InChI=1S/C18H20N2O3S/c1-13-3-2-4-15(9-13)23-16-5-6-17(19-10-16)18(22)20-7-8-24-12-14(20)11-21/h2-6,9-10,14,21H,7-8,11-12H2,1H3. The fraction of sp³-hybridized carbons (Fsp3) is 0.333. The zero-order chi connectivity index (χ0) is 16.9. The molecule has 1 amide bonds. The number of carbonyl (C=O) groups excluding carboxylic acids is 1. The summed E-state index contributed by atoms with van der Waals surface area (Å²) in [6.45, 7) is 2.62. The first kappa shape index (κ1) is 16.8. The van der Waals surface area contributed by atoms with Gasteiger partial charge in [0.15, 0.2) is 0 Å². The van der Waals surface area contributed by atoms with Gasteiger partial charge in [0.05, 0.1) is 18.8 Å². The molecule has 1 unspecified atom stereocenters. The average Bonchev–Trinajstić information content (AvgIpc) is 2.62. The van der Waals surface area contributed by atoms with Crippen molar-refractivity contribution in [2.24, 2.45) is 0 Å². The first-order valence-electron chi connectivity index (χ1n) is 7.87. The smallest absolute Gasteiger partial charge is 0.272 e. The van der Waals surface area contributed by atoms with E-state index in [1.165, 1.54) is 0 Å². The molecular weight excluding hydrogens is 324 g/mol. The van der Waals surface area contributed by atoms with Gasteiger partial charge in [-0.1, -0.05) is 12.1 Å². The Morgan fingerprint density at radius 2 is 2.25 bits per heavy atom. The zero-order valence-electron chi connectivity index (χ0n) is 13.5. The van der Waals surface area contributed by atoms with Crippen LogP contribution >= 0.6 is 11.8 Å². The Balaban J connectivity index is 1.70. The molecule has 1 N–H and O–H groups in total. The van der Waals surface area contributed by atoms with Crippen molar-refractivity contribution in [3.05, 3.63) is 53.9 Å². The highest BCUT2D eigenvalue weighted by molar-refractivity contribution is 7.99. The predicted octanol–water partition coefficient (Wildman–Crippen LogP) is 2.73. The lowest BCUT2D eigenvalue weighted by Gasteiger charge is -2.34.